The van der Waals surface area contributed by atoms with Gasteiger partial charge in [0.1, 0.15) is 0 Å². The number of carboxylic acids is 1. The molecule has 88 valence electrons. The molecule has 0 saturated carbocycles. The van der Waals surface area contributed by atoms with E-state index in [-0.39, 0.29) is 6.42 Å². The van der Waals surface area contributed by atoms with Gasteiger partial charge in [0.05, 0.1) is 6.42 Å². The minimum absolute atomic E-state index is 0.170. The number of rotatable bonds is 5. The second kappa shape index (κ2) is 5.49. The van der Waals surface area contributed by atoms with Gasteiger partial charge in [-0.25, -0.2) is 0 Å². The molecule has 1 aliphatic rings. The van der Waals surface area contributed by atoms with Gasteiger partial charge in [0, 0.05) is 18.8 Å². The van der Waals surface area contributed by atoms with Crippen molar-refractivity contribution in [2.45, 2.75) is 23.6 Å². The largest absolute Gasteiger partial charge is 0.481 e. The molecule has 1 N–H and O–H groups in total. The highest BCUT2D eigenvalue weighted by Gasteiger charge is 2.16. The van der Waals surface area contributed by atoms with Crippen LogP contribution in [0.2, 0.25) is 0 Å². The lowest BCUT2D eigenvalue weighted by Crippen LogP contribution is -2.17. The van der Waals surface area contributed by atoms with Gasteiger partial charge in [-0.15, -0.1) is 10.2 Å². The second-order valence-corrected chi connectivity index (χ2v) is 5.83. The van der Waals surface area contributed by atoms with Crippen LogP contribution in [-0.4, -0.2) is 40.1 Å². The van der Waals surface area contributed by atoms with Crippen molar-refractivity contribution in [2.24, 2.45) is 0 Å². The van der Waals surface area contributed by atoms with E-state index >= 15 is 0 Å². The molecule has 0 radical (unpaired) electrons. The monoisotopic (exact) mass is 259 g/mol. The molecule has 1 fully saturated rings. The van der Waals surface area contributed by atoms with Crippen molar-refractivity contribution in [3.05, 3.63) is 0 Å². The van der Waals surface area contributed by atoms with Crippen LogP contribution >= 0.6 is 23.1 Å². The number of nitrogens with zero attached hydrogens (tertiary/aromatic N) is 3. The number of thioether (sulfide) groups is 1. The van der Waals surface area contributed by atoms with Gasteiger partial charge in [-0.05, 0) is 12.8 Å². The number of carbonyl (C=O) groups is 1. The molecular formula is C9H13N3O2S2. The zero-order chi connectivity index (χ0) is 11.4. The van der Waals surface area contributed by atoms with Crippen molar-refractivity contribution in [3.63, 3.8) is 0 Å². The first kappa shape index (κ1) is 11.7. The fourth-order valence-corrected chi connectivity index (χ4v) is 3.41. The number of carboxylic acid groups (broad SMARTS) is 1. The Labute approximate surface area is 102 Å². The quantitative estimate of drug-likeness (QED) is 0.812. The summed E-state index contributed by atoms with van der Waals surface area (Å²) in [6.07, 6.45) is 2.62. The highest BCUT2D eigenvalue weighted by Crippen LogP contribution is 2.29. The first-order chi connectivity index (χ1) is 7.75. The van der Waals surface area contributed by atoms with E-state index in [0.29, 0.717) is 5.75 Å². The Kier molecular flexibility index (Phi) is 4.00. The number of anilines is 1. The van der Waals surface area contributed by atoms with E-state index in [1.54, 1.807) is 11.3 Å². The summed E-state index contributed by atoms with van der Waals surface area (Å²) in [5.41, 5.74) is 0. The maximum absolute atomic E-state index is 10.3. The van der Waals surface area contributed by atoms with E-state index in [1.807, 2.05) is 0 Å². The van der Waals surface area contributed by atoms with Gasteiger partial charge >= 0.3 is 5.97 Å². The van der Waals surface area contributed by atoms with E-state index in [9.17, 15) is 4.79 Å². The Bertz CT molecular complexity index is 363. The summed E-state index contributed by atoms with van der Waals surface area (Å²) in [6.45, 7) is 2.13. The minimum Gasteiger partial charge on any atom is -0.481 e. The number of aliphatic carboxylic acids is 1. The lowest BCUT2D eigenvalue weighted by atomic mass is 10.4. The van der Waals surface area contributed by atoms with Gasteiger partial charge in [-0.3, -0.25) is 4.79 Å². The Morgan fingerprint density at radius 1 is 1.44 bits per heavy atom. The molecule has 0 aliphatic carbocycles. The smallest absolute Gasteiger partial charge is 0.304 e. The maximum Gasteiger partial charge on any atom is 0.304 e. The molecule has 7 heteroatoms. The zero-order valence-electron chi connectivity index (χ0n) is 8.76. The number of hydrogen-bond donors (Lipinski definition) is 1. The molecule has 0 spiro atoms. The Morgan fingerprint density at radius 2 is 2.19 bits per heavy atom. The summed E-state index contributed by atoms with van der Waals surface area (Å²) in [6, 6.07) is 0. The van der Waals surface area contributed by atoms with Crippen LogP contribution in [0, 0.1) is 0 Å². The summed E-state index contributed by atoms with van der Waals surface area (Å²) in [5.74, 6) is -0.207. The van der Waals surface area contributed by atoms with Crippen molar-refractivity contribution in [2.75, 3.05) is 23.7 Å². The molecule has 0 bridgehead atoms. The molecule has 0 amide bonds. The third kappa shape index (κ3) is 3.08. The summed E-state index contributed by atoms with van der Waals surface area (Å²) in [5, 5.41) is 17.7. The first-order valence-corrected chi connectivity index (χ1v) is 6.99. The van der Waals surface area contributed by atoms with Crippen LogP contribution in [0.3, 0.4) is 0 Å². The molecule has 5 nitrogen and oxygen atoms in total. The number of aromatic nitrogens is 2. The fraction of sp³-hybridized carbons (Fsp3) is 0.667. The first-order valence-electron chi connectivity index (χ1n) is 5.19. The normalized spacial score (nSPS) is 15.6. The predicted molar refractivity (Wildman–Crippen MR) is 64.3 cm³/mol. The fourth-order valence-electron chi connectivity index (χ4n) is 1.52. The third-order valence-electron chi connectivity index (χ3n) is 2.31. The average molecular weight is 259 g/mol. The predicted octanol–water partition coefficient (Wildman–Crippen LogP) is 1.71. The van der Waals surface area contributed by atoms with E-state index in [2.05, 4.69) is 15.1 Å². The van der Waals surface area contributed by atoms with Crippen molar-refractivity contribution in [3.8, 4) is 0 Å². The molecule has 2 rings (SSSR count). The van der Waals surface area contributed by atoms with Crippen LogP contribution in [0.5, 0.6) is 0 Å². The summed E-state index contributed by atoms with van der Waals surface area (Å²) >= 11 is 3.02. The topological polar surface area (TPSA) is 66.3 Å². The minimum atomic E-state index is -0.767. The molecule has 0 aromatic carbocycles. The Balaban J connectivity index is 1.84. The zero-order valence-corrected chi connectivity index (χ0v) is 10.4. The van der Waals surface area contributed by atoms with Crippen LogP contribution in [0.15, 0.2) is 4.34 Å². The second-order valence-electron chi connectivity index (χ2n) is 3.54. The third-order valence-corrected chi connectivity index (χ3v) is 4.43. The van der Waals surface area contributed by atoms with E-state index < -0.39 is 5.97 Å². The summed E-state index contributed by atoms with van der Waals surface area (Å²) < 4.78 is 0.864. The van der Waals surface area contributed by atoms with Crippen molar-refractivity contribution >= 4 is 34.2 Å². The van der Waals surface area contributed by atoms with E-state index in [0.717, 1.165) is 22.6 Å². The molecule has 1 aliphatic heterocycles. The maximum atomic E-state index is 10.3. The number of hydrogen-bond acceptors (Lipinski definition) is 6. The van der Waals surface area contributed by atoms with Crippen molar-refractivity contribution in [1.29, 1.82) is 0 Å². The van der Waals surface area contributed by atoms with Crippen LogP contribution in [-0.2, 0) is 4.79 Å². The summed E-state index contributed by atoms with van der Waals surface area (Å²) in [4.78, 5) is 12.6. The molecular weight excluding hydrogens is 246 g/mol. The van der Waals surface area contributed by atoms with Crippen LogP contribution in [0.4, 0.5) is 5.13 Å². The summed E-state index contributed by atoms with van der Waals surface area (Å²) in [7, 11) is 0. The molecule has 16 heavy (non-hydrogen) atoms. The van der Waals surface area contributed by atoms with Gasteiger partial charge in [0.15, 0.2) is 4.34 Å². The van der Waals surface area contributed by atoms with Crippen molar-refractivity contribution in [1.82, 2.24) is 10.2 Å². The molecule has 1 aromatic rings. The van der Waals surface area contributed by atoms with Gasteiger partial charge in [0.2, 0.25) is 5.13 Å². The molecule has 0 atom stereocenters. The Morgan fingerprint density at radius 3 is 2.88 bits per heavy atom. The lowest BCUT2D eigenvalue weighted by Gasteiger charge is -2.10. The van der Waals surface area contributed by atoms with Gasteiger partial charge < -0.3 is 10.0 Å². The van der Waals surface area contributed by atoms with Crippen molar-refractivity contribution < 1.29 is 9.90 Å². The molecule has 1 aromatic heterocycles. The average Bonchev–Trinajstić information content (AvgIpc) is 2.85. The van der Waals surface area contributed by atoms with Crippen LogP contribution in [0.1, 0.15) is 19.3 Å². The lowest BCUT2D eigenvalue weighted by molar-refractivity contribution is -0.136. The highest BCUT2D eigenvalue weighted by molar-refractivity contribution is 8.01. The SMILES string of the molecule is O=C(O)CCSc1nnc(N2CCCC2)s1. The van der Waals surface area contributed by atoms with Gasteiger partial charge in [-0.2, -0.15) is 0 Å². The van der Waals surface area contributed by atoms with Gasteiger partial charge in [-0.1, -0.05) is 23.1 Å². The van der Waals surface area contributed by atoms with Crippen LogP contribution in [0.25, 0.3) is 0 Å². The van der Waals surface area contributed by atoms with Crippen LogP contribution < -0.4 is 4.90 Å². The molecule has 0 unspecified atom stereocenters. The standard InChI is InChI=1S/C9H13N3O2S2/c13-7(14)3-6-15-9-11-10-8(16-9)12-4-1-2-5-12/h1-6H2,(H,13,14). The Hall–Kier alpha value is -0.820. The van der Waals surface area contributed by atoms with E-state index in [4.69, 9.17) is 5.11 Å². The highest BCUT2D eigenvalue weighted by atomic mass is 32.2. The van der Waals surface area contributed by atoms with E-state index in [1.165, 1.54) is 24.6 Å². The van der Waals surface area contributed by atoms with Gasteiger partial charge in [0.25, 0.3) is 0 Å². The molecule has 1 saturated heterocycles. The molecule has 2 heterocycles.